The molecule has 2 aliphatic rings. The number of aromatic nitrogens is 4. The maximum atomic E-state index is 12.5. The first kappa shape index (κ1) is 24.7. The van der Waals surface area contributed by atoms with Crippen LogP contribution in [0.5, 0.6) is 5.88 Å². The molecule has 2 atom stereocenters. The molecule has 2 aliphatic heterocycles. The van der Waals surface area contributed by atoms with Gasteiger partial charge in [0.1, 0.15) is 22.5 Å². The van der Waals surface area contributed by atoms with Gasteiger partial charge in [-0.15, -0.1) is 4.80 Å². The molecule has 0 aliphatic carbocycles. The van der Waals surface area contributed by atoms with Crippen LogP contribution in [0.2, 0.25) is 5.02 Å². The number of pyridine rings is 1. The van der Waals surface area contributed by atoms with Crippen molar-refractivity contribution < 1.29 is 22.7 Å². The standard InChI is InChI=1S/C12H14ClF3N2O.C9H10N4O/c1-7-10(3-2-4-17-7)19-11-9(13)5-8(6-18-11)12(14,15)16;1-12-6-2-3-8(9(12)7-14)13-10-4-5-11-13/h5-7,10,17H,2-4H2,1H3;2-5,7H,6H2,1H3/t7-,10+;/m0./s1. The molecular formula is C21H24ClF3N6O2. The summed E-state index contributed by atoms with van der Waals surface area (Å²) in [5.41, 5.74) is 0.433. The zero-order valence-corrected chi connectivity index (χ0v) is 18.8. The molecule has 4 heterocycles. The molecule has 0 bridgehead atoms. The van der Waals surface area contributed by atoms with Crippen molar-refractivity contribution in [1.82, 2.24) is 30.2 Å². The van der Waals surface area contributed by atoms with Gasteiger partial charge in [0.25, 0.3) is 0 Å². The van der Waals surface area contributed by atoms with Crippen LogP contribution in [-0.4, -0.2) is 63.4 Å². The second-order valence-electron chi connectivity index (χ2n) is 7.54. The van der Waals surface area contributed by atoms with Gasteiger partial charge in [-0.05, 0) is 38.5 Å². The molecule has 8 nitrogen and oxygen atoms in total. The number of allylic oxidation sites excluding steroid dienone is 3. The quantitative estimate of drug-likeness (QED) is 0.665. The van der Waals surface area contributed by atoms with E-state index in [9.17, 15) is 18.0 Å². The fraction of sp³-hybridized carbons (Fsp3) is 0.429. The predicted octanol–water partition coefficient (Wildman–Crippen LogP) is 3.42. The number of alkyl halides is 3. The summed E-state index contributed by atoms with van der Waals surface area (Å²) in [6, 6.07) is 0.957. The van der Waals surface area contributed by atoms with Crippen molar-refractivity contribution in [3.05, 3.63) is 53.1 Å². The van der Waals surface area contributed by atoms with Crippen molar-refractivity contribution in [3.8, 4) is 5.88 Å². The van der Waals surface area contributed by atoms with Crippen LogP contribution in [0.15, 0.2) is 42.5 Å². The Balaban J connectivity index is 0.000000194. The molecule has 0 radical (unpaired) electrons. The number of hydrogen-bond donors (Lipinski definition) is 1. The number of nitrogens with one attached hydrogen (secondary N) is 1. The molecule has 0 spiro atoms. The number of likely N-dealkylation sites (N-methyl/N-ethyl adjacent to an activating group) is 1. The molecule has 2 aromatic heterocycles. The minimum absolute atomic E-state index is 0.0511. The van der Waals surface area contributed by atoms with Crippen LogP contribution in [-0.2, 0) is 11.0 Å². The highest BCUT2D eigenvalue weighted by atomic mass is 35.5. The van der Waals surface area contributed by atoms with E-state index in [0.29, 0.717) is 11.4 Å². The van der Waals surface area contributed by atoms with Crippen LogP contribution in [0, 0.1) is 0 Å². The van der Waals surface area contributed by atoms with Crippen LogP contribution in [0.4, 0.5) is 13.2 Å². The summed E-state index contributed by atoms with van der Waals surface area (Å²) in [7, 11) is 1.86. The minimum atomic E-state index is -4.45. The SMILES string of the molecule is CN1CC=CC(n2nccn2)=C1C=O.C[C@@H]1NCCC[C@H]1Oc1ncc(C(F)(F)F)cc1Cl. The number of ether oxygens (including phenoxy) is 1. The molecule has 33 heavy (non-hydrogen) atoms. The summed E-state index contributed by atoms with van der Waals surface area (Å²) in [4.78, 5) is 17.8. The van der Waals surface area contributed by atoms with Gasteiger partial charge in [0.05, 0.1) is 18.0 Å². The highest BCUT2D eigenvalue weighted by Gasteiger charge is 2.32. The highest BCUT2D eigenvalue weighted by molar-refractivity contribution is 6.31. The molecular weight excluding hydrogens is 461 g/mol. The zero-order valence-electron chi connectivity index (χ0n) is 18.1. The molecule has 12 heteroatoms. The minimum Gasteiger partial charge on any atom is -0.472 e. The number of nitrogens with zero attached hydrogens (tertiary/aromatic N) is 5. The molecule has 0 unspecified atom stereocenters. The van der Waals surface area contributed by atoms with Crippen LogP contribution in [0.25, 0.3) is 5.70 Å². The Morgan fingerprint density at radius 3 is 2.64 bits per heavy atom. The molecule has 1 N–H and O–H groups in total. The number of aldehydes is 1. The summed E-state index contributed by atoms with van der Waals surface area (Å²) in [5.74, 6) is 0.0511. The average molecular weight is 485 g/mol. The third kappa shape index (κ3) is 6.32. The normalized spacial score (nSPS) is 20.8. The Morgan fingerprint density at radius 2 is 2.03 bits per heavy atom. The van der Waals surface area contributed by atoms with E-state index in [0.717, 1.165) is 44.5 Å². The van der Waals surface area contributed by atoms with Gasteiger partial charge in [-0.25, -0.2) is 4.98 Å². The number of carbonyl (C=O) groups is 1. The number of carbonyl (C=O) groups excluding carboxylic acids is 1. The first-order valence-corrected chi connectivity index (χ1v) is 10.6. The van der Waals surface area contributed by atoms with E-state index in [1.165, 1.54) is 4.80 Å². The van der Waals surface area contributed by atoms with E-state index < -0.39 is 11.7 Å². The van der Waals surface area contributed by atoms with Crippen molar-refractivity contribution in [2.45, 2.75) is 38.1 Å². The second kappa shape index (κ2) is 10.8. The smallest absolute Gasteiger partial charge is 0.417 e. The van der Waals surface area contributed by atoms with Gasteiger partial charge in [0, 0.05) is 25.8 Å². The number of piperidine rings is 1. The van der Waals surface area contributed by atoms with Gasteiger partial charge in [-0.1, -0.05) is 17.7 Å². The third-order valence-corrected chi connectivity index (χ3v) is 5.43. The van der Waals surface area contributed by atoms with E-state index in [2.05, 4.69) is 20.5 Å². The second-order valence-corrected chi connectivity index (χ2v) is 7.95. The summed E-state index contributed by atoms with van der Waals surface area (Å²) in [6.45, 7) is 3.61. The molecule has 0 aromatic carbocycles. The van der Waals surface area contributed by atoms with Gasteiger partial charge in [0.2, 0.25) is 5.88 Å². The first-order chi connectivity index (χ1) is 15.7. The van der Waals surface area contributed by atoms with Crippen LogP contribution < -0.4 is 10.1 Å². The van der Waals surface area contributed by atoms with E-state index in [-0.39, 0.29) is 23.0 Å². The van der Waals surface area contributed by atoms with Crippen molar-refractivity contribution in [3.63, 3.8) is 0 Å². The third-order valence-electron chi connectivity index (χ3n) is 5.16. The fourth-order valence-corrected chi connectivity index (χ4v) is 3.56. The Labute approximate surface area is 194 Å². The summed E-state index contributed by atoms with van der Waals surface area (Å²) >= 11 is 5.79. The number of rotatable bonds is 4. The van der Waals surface area contributed by atoms with Crippen LogP contribution in [0.1, 0.15) is 25.3 Å². The predicted molar refractivity (Wildman–Crippen MR) is 116 cm³/mol. The van der Waals surface area contributed by atoms with Gasteiger partial charge in [-0.2, -0.15) is 23.4 Å². The monoisotopic (exact) mass is 484 g/mol. The van der Waals surface area contributed by atoms with E-state index in [1.54, 1.807) is 12.4 Å². The van der Waals surface area contributed by atoms with Gasteiger partial charge in [-0.3, -0.25) is 4.79 Å². The van der Waals surface area contributed by atoms with Crippen LogP contribution >= 0.6 is 11.6 Å². The molecule has 2 aromatic rings. The number of halogens is 4. The lowest BCUT2D eigenvalue weighted by molar-refractivity contribution is -0.137. The lowest BCUT2D eigenvalue weighted by Crippen LogP contribution is -2.45. The molecule has 178 valence electrons. The van der Waals surface area contributed by atoms with Gasteiger partial charge < -0.3 is 15.0 Å². The largest absolute Gasteiger partial charge is 0.472 e. The zero-order chi connectivity index (χ0) is 24.0. The van der Waals surface area contributed by atoms with Crippen LogP contribution in [0.3, 0.4) is 0 Å². The maximum absolute atomic E-state index is 12.5. The van der Waals surface area contributed by atoms with E-state index in [1.807, 2.05) is 31.0 Å². The summed E-state index contributed by atoms with van der Waals surface area (Å²) < 4.78 is 43.0. The molecule has 1 fully saturated rings. The first-order valence-electron chi connectivity index (χ1n) is 10.3. The lowest BCUT2D eigenvalue weighted by atomic mass is 10.0. The average Bonchev–Trinajstić information content (AvgIpc) is 3.31. The Hall–Kier alpha value is -2.92. The van der Waals surface area contributed by atoms with Crippen molar-refractivity contribution in [1.29, 1.82) is 0 Å². The Kier molecular flexibility index (Phi) is 8.09. The van der Waals surface area contributed by atoms with Crippen molar-refractivity contribution in [2.24, 2.45) is 0 Å². The topological polar surface area (TPSA) is 85.2 Å². The van der Waals surface area contributed by atoms with Gasteiger partial charge in [0.15, 0.2) is 6.29 Å². The summed E-state index contributed by atoms with van der Waals surface area (Å²) in [5, 5.41) is 11.1. The Morgan fingerprint density at radius 1 is 1.30 bits per heavy atom. The molecule has 0 saturated carbocycles. The van der Waals surface area contributed by atoms with E-state index >= 15 is 0 Å². The van der Waals surface area contributed by atoms with Crippen molar-refractivity contribution >= 4 is 23.6 Å². The van der Waals surface area contributed by atoms with E-state index in [4.69, 9.17) is 16.3 Å². The summed E-state index contributed by atoms with van der Waals surface area (Å²) in [6.07, 6.45) is 5.74. The Bertz CT molecular complexity index is 1010. The lowest BCUT2D eigenvalue weighted by Gasteiger charge is -2.30. The van der Waals surface area contributed by atoms with Gasteiger partial charge >= 0.3 is 6.18 Å². The molecule has 1 saturated heterocycles. The highest BCUT2D eigenvalue weighted by Crippen LogP contribution is 2.33. The van der Waals surface area contributed by atoms with Crippen molar-refractivity contribution in [2.75, 3.05) is 20.1 Å². The number of hydrogen-bond acceptors (Lipinski definition) is 7. The maximum Gasteiger partial charge on any atom is 0.417 e. The molecule has 0 amide bonds. The molecule has 4 rings (SSSR count). The fourth-order valence-electron chi connectivity index (χ4n) is 3.35.